The van der Waals surface area contributed by atoms with Crippen molar-refractivity contribution in [2.45, 2.75) is 25.3 Å². The van der Waals surface area contributed by atoms with Gasteiger partial charge >= 0.3 is 0 Å². The molecule has 1 aliphatic rings. The molecule has 0 atom stereocenters. The quantitative estimate of drug-likeness (QED) is 0.654. The molecule has 3 heteroatoms. The molecule has 16 heavy (non-hydrogen) atoms. The Hall–Kier alpha value is -1.35. The van der Waals surface area contributed by atoms with Crippen LogP contribution < -0.4 is 10.6 Å². The zero-order valence-corrected chi connectivity index (χ0v) is 9.49. The van der Waals surface area contributed by atoms with Crippen molar-refractivity contribution in [1.29, 1.82) is 0 Å². The Balaban J connectivity index is 1.56. The Morgan fingerprint density at radius 2 is 2.06 bits per heavy atom. The molecular weight excluding hydrogens is 200 g/mol. The summed E-state index contributed by atoms with van der Waals surface area (Å²) in [7, 11) is 0. The summed E-state index contributed by atoms with van der Waals surface area (Å²) >= 11 is 0. The van der Waals surface area contributed by atoms with Gasteiger partial charge in [0.25, 0.3) is 5.91 Å². The molecule has 2 rings (SSSR count). The van der Waals surface area contributed by atoms with E-state index in [0.717, 1.165) is 25.8 Å². The van der Waals surface area contributed by atoms with Gasteiger partial charge in [-0.15, -0.1) is 0 Å². The Morgan fingerprint density at radius 1 is 1.31 bits per heavy atom. The minimum atomic E-state index is 0.176. The van der Waals surface area contributed by atoms with Gasteiger partial charge in [-0.05, 0) is 18.4 Å². The summed E-state index contributed by atoms with van der Waals surface area (Å²) in [5.74, 6) is 0.176. The van der Waals surface area contributed by atoms with E-state index in [0.29, 0.717) is 12.6 Å². The summed E-state index contributed by atoms with van der Waals surface area (Å²) in [6, 6.07) is 10.9. The summed E-state index contributed by atoms with van der Waals surface area (Å²) in [6.07, 6.45) is 3.35. The molecule has 0 aliphatic heterocycles. The van der Waals surface area contributed by atoms with E-state index < -0.39 is 0 Å². The molecule has 0 unspecified atom stereocenters. The predicted molar refractivity (Wildman–Crippen MR) is 63.0 cm³/mol. The van der Waals surface area contributed by atoms with E-state index in [4.69, 9.17) is 0 Å². The van der Waals surface area contributed by atoms with Crippen LogP contribution in [0.5, 0.6) is 0 Å². The van der Waals surface area contributed by atoms with Gasteiger partial charge in [0.2, 0.25) is 0 Å². The second-order valence-corrected chi connectivity index (χ2v) is 4.36. The first-order valence-corrected chi connectivity index (χ1v) is 5.99. The van der Waals surface area contributed by atoms with Gasteiger partial charge in [-0.3, -0.25) is 4.79 Å². The van der Waals surface area contributed by atoms with Crippen LogP contribution in [0.4, 0.5) is 0 Å². The number of hydrogen-bond donors (Lipinski definition) is 2. The molecule has 0 aromatic heterocycles. The van der Waals surface area contributed by atoms with Gasteiger partial charge in [0.05, 0.1) is 6.54 Å². The fourth-order valence-electron chi connectivity index (χ4n) is 1.66. The first-order valence-electron chi connectivity index (χ1n) is 5.99. The highest BCUT2D eigenvalue weighted by molar-refractivity contribution is 5.77. The smallest absolute Gasteiger partial charge is 0.275 e. The topological polar surface area (TPSA) is 45.7 Å². The second kappa shape index (κ2) is 5.66. The number of carbonyl (C=O) groups excluding carboxylic acids is 1. The molecule has 3 nitrogen and oxygen atoms in total. The highest BCUT2D eigenvalue weighted by Gasteiger charge is 2.23. The van der Waals surface area contributed by atoms with Crippen molar-refractivity contribution in [2.75, 3.05) is 13.1 Å². The van der Waals surface area contributed by atoms with Crippen LogP contribution >= 0.6 is 0 Å². The van der Waals surface area contributed by atoms with Crippen molar-refractivity contribution in [3.05, 3.63) is 35.9 Å². The van der Waals surface area contributed by atoms with Crippen LogP contribution in [0.15, 0.2) is 30.3 Å². The van der Waals surface area contributed by atoms with Crippen LogP contribution in [0, 0.1) is 0 Å². The zero-order chi connectivity index (χ0) is 11.2. The molecule has 1 aliphatic carbocycles. The van der Waals surface area contributed by atoms with Crippen molar-refractivity contribution >= 4 is 5.91 Å². The Morgan fingerprint density at radius 3 is 2.75 bits per heavy atom. The molecule has 0 heterocycles. The molecular formula is C13H19N2O+. The van der Waals surface area contributed by atoms with Crippen LogP contribution in [-0.2, 0) is 11.2 Å². The Kier molecular flexibility index (Phi) is 3.94. The van der Waals surface area contributed by atoms with Crippen molar-refractivity contribution in [2.24, 2.45) is 0 Å². The van der Waals surface area contributed by atoms with E-state index >= 15 is 0 Å². The van der Waals surface area contributed by atoms with Gasteiger partial charge in [0, 0.05) is 12.5 Å². The minimum Gasteiger partial charge on any atom is -0.348 e. The van der Waals surface area contributed by atoms with Crippen molar-refractivity contribution in [1.82, 2.24) is 5.32 Å². The van der Waals surface area contributed by atoms with E-state index in [9.17, 15) is 4.79 Å². The molecule has 86 valence electrons. The lowest BCUT2D eigenvalue weighted by Crippen LogP contribution is -2.87. The van der Waals surface area contributed by atoms with E-state index in [1.165, 1.54) is 5.56 Å². The molecule has 1 saturated carbocycles. The Labute approximate surface area is 96.2 Å². The van der Waals surface area contributed by atoms with Crippen LogP contribution in [-0.4, -0.2) is 25.0 Å². The van der Waals surface area contributed by atoms with Crippen LogP contribution in [0.1, 0.15) is 18.4 Å². The number of hydrogen-bond acceptors (Lipinski definition) is 1. The van der Waals surface area contributed by atoms with Gasteiger partial charge in [-0.1, -0.05) is 30.3 Å². The maximum atomic E-state index is 11.4. The van der Waals surface area contributed by atoms with E-state index in [2.05, 4.69) is 34.9 Å². The third kappa shape index (κ3) is 4.03. The number of amides is 1. The van der Waals surface area contributed by atoms with E-state index in [1.54, 1.807) is 0 Å². The number of rotatable bonds is 6. The van der Waals surface area contributed by atoms with Crippen LogP contribution in [0.2, 0.25) is 0 Å². The molecule has 0 spiro atoms. The fraction of sp³-hybridized carbons (Fsp3) is 0.462. The number of nitrogens with two attached hydrogens (primary N) is 1. The van der Waals surface area contributed by atoms with Crippen LogP contribution in [0.3, 0.4) is 0 Å². The van der Waals surface area contributed by atoms with Gasteiger partial charge in [-0.25, -0.2) is 0 Å². The predicted octanol–water partition coefficient (Wildman–Crippen LogP) is 0.0711. The summed E-state index contributed by atoms with van der Waals surface area (Å²) < 4.78 is 0. The highest BCUT2D eigenvalue weighted by Crippen LogP contribution is 2.17. The first-order chi connectivity index (χ1) is 7.84. The molecule has 0 radical (unpaired) electrons. The summed E-state index contributed by atoms with van der Waals surface area (Å²) in [5.41, 5.74) is 1.33. The lowest BCUT2D eigenvalue weighted by atomic mass is 10.1. The minimum absolute atomic E-state index is 0.176. The largest absolute Gasteiger partial charge is 0.348 e. The van der Waals surface area contributed by atoms with Gasteiger partial charge < -0.3 is 10.6 Å². The molecule has 1 amide bonds. The normalized spacial score (nSPS) is 14.8. The van der Waals surface area contributed by atoms with Gasteiger partial charge in [0.15, 0.2) is 6.54 Å². The number of benzene rings is 1. The molecule has 0 bridgehead atoms. The third-order valence-electron chi connectivity index (χ3n) is 2.75. The molecule has 1 aromatic carbocycles. The maximum Gasteiger partial charge on any atom is 0.275 e. The fourth-order valence-corrected chi connectivity index (χ4v) is 1.66. The average Bonchev–Trinajstić information content (AvgIpc) is 3.10. The summed E-state index contributed by atoms with van der Waals surface area (Å²) in [4.78, 5) is 11.4. The van der Waals surface area contributed by atoms with Crippen LogP contribution in [0.25, 0.3) is 0 Å². The molecule has 0 saturated heterocycles. The van der Waals surface area contributed by atoms with Crippen molar-refractivity contribution in [3.8, 4) is 0 Å². The first kappa shape index (κ1) is 11.1. The third-order valence-corrected chi connectivity index (χ3v) is 2.75. The SMILES string of the molecule is O=C(C[NH2+]CCc1ccccc1)NC1CC1. The maximum absolute atomic E-state index is 11.4. The van der Waals surface area contributed by atoms with E-state index in [1.807, 2.05) is 6.07 Å². The lowest BCUT2D eigenvalue weighted by molar-refractivity contribution is -0.643. The zero-order valence-electron chi connectivity index (χ0n) is 9.49. The standard InChI is InChI=1S/C13H18N2O/c16-13(15-12-6-7-12)10-14-9-8-11-4-2-1-3-5-11/h1-5,12,14H,6-10H2,(H,15,16)/p+1. The van der Waals surface area contributed by atoms with Gasteiger partial charge in [-0.2, -0.15) is 0 Å². The Bertz CT molecular complexity index is 333. The van der Waals surface area contributed by atoms with Crippen molar-refractivity contribution < 1.29 is 10.1 Å². The number of nitrogens with one attached hydrogen (secondary N) is 1. The number of carbonyl (C=O) groups is 1. The molecule has 1 fully saturated rings. The second-order valence-electron chi connectivity index (χ2n) is 4.36. The molecule has 3 N–H and O–H groups in total. The highest BCUT2D eigenvalue weighted by atomic mass is 16.2. The monoisotopic (exact) mass is 219 g/mol. The van der Waals surface area contributed by atoms with Gasteiger partial charge in [0.1, 0.15) is 0 Å². The lowest BCUT2D eigenvalue weighted by Gasteiger charge is -2.03. The summed E-state index contributed by atoms with van der Waals surface area (Å²) in [6.45, 7) is 1.53. The number of quaternary nitrogens is 1. The molecule has 1 aromatic rings. The average molecular weight is 219 g/mol. The van der Waals surface area contributed by atoms with E-state index in [-0.39, 0.29) is 5.91 Å². The summed E-state index contributed by atoms with van der Waals surface area (Å²) in [5, 5.41) is 5.06. The van der Waals surface area contributed by atoms with Crippen molar-refractivity contribution in [3.63, 3.8) is 0 Å².